The minimum absolute atomic E-state index is 0.100. The first-order chi connectivity index (χ1) is 10.3. The van der Waals surface area contributed by atoms with Crippen LogP contribution in [0.1, 0.15) is 36.5 Å². The van der Waals surface area contributed by atoms with Gasteiger partial charge in [0.05, 0.1) is 19.2 Å². The second kappa shape index (κ2) is 6.52. The van der Waals surface area contributed by atoms with E-state index in [1.807, 2.05) is 18.2 Å². The topological polar surface area (TPSA) is 41.9 Å². The molecule has 0 spiro atoms. The molecule has 0 saturated carbocycles. The summed E-state index contributed by atoms with van der Waals surface area (Å²) in [6.07, 6.45) is 4.15. The number of carbonyl (C=O) groups is 1. The van der Waals surface area contributed by atoms with Crippen molar-refractivity contribution in [2.24, 2.45) is 4.99 Å². The molecule has 1 aromatic rings. The zero-order valence-corrected chi connectivity index (χ0v) is 13.1. The maximum absolute atomic E-state index is 11.7. The van der Waals surface area contributed by atoms with E-state index in [1.165, 1.54) is 26.4 Å². The molecule has 4 nitrogen and oxygen atoms in total. The number of hydrogen-bond donors (Lipinski definition) is 0. The van der Waals surface area contributed by atoms with Crippen molar-refractivity contribution < 1.29 is 9.53 Å². The van der Waals surface area contributed by atoms with Crippen LogP contribution in [0.4, 0.5) is 5.69 Å². The van der Waals surface area contributed by atoms with Gasteiger partial charge >= 0.3 is 5.97 Å². The second-order valence-electron chi connectivity index (χ2n) is 5.39. The number of para-hydroxylation sites is 1. The number of esters is 1. The standard InChI is InChI=1S/C16H20N2O2S/c1-20-15(19)11-14-12-7-3-4-8-13(12)17-16(21-14)18-9-5-2-6-10-18/h3-4,7-8,14H,2,5-6,9-11H2,1H3. The molecule has 2 aliphatic heterocycles. The van der Waals surface area contributed by atoms with Crippen LogP contribution < -0.4 is 0 Å². The summed E-state index contributed by atoms with van der Waals surface area (Å²) in [6.45, 7) is 2.14. The average molecular weight is 304 g/mol. The highest BCUT2D eigenvalue weighted by Gasteiger charge is 2.28. The molecular formula is C16H20N2O2S. The van der Waals surface area contributed by atoms with Crippen molar-refractivity contribution in [3.63, 3.8) is 0 Å². The third-order valence-corrected chi connectivity index (χ3v) is 5.22. The molecule has 0 aromatic heterocycles. The molecule has 21 heavy (non-hydrogen) atoms. The molecule has 0 amide bonds. The normalized spacial score (nSPS) is 21.5. The second-order valence-corrected chi connectivity index (χ2v) is 6.56. The summed E-state index contributed by atoms with van der Waals surface area (Å²) < 4.78 is 4.84. The van der Waals surface area contributed by atoms with E-state index in [9.17, 15) is 4.79 Å². The van der Waals surface area contributed by atoms with Crippen LogP contribution in [-0.4, -0.2) is 36.2 Å². The lowest BCUT2D eigenvalue weighted by Crippen LogP contribution is -2.35. The van der Waals surface area contributed by atoms with Gasteiger partial charge in [0.25, 0.3) is 0 Å². The number of thioether (sulfide) groups is 1. The number of piperidine rings is 1. The quantitative estimate of drug-likeness (QED) is 0.784. The van der Waals surface area contributed by atoms with Crippen molar-refractivity contribution >= 4 is 28.6 Å². The fourth-order valence-corrected chi connectivity index (χ4v) is 4.08. The fourth-order valence-electron chi connectivity index (χ4n) is 2.80. The molecule has 2 heterocycles. The molecule has 5 heteroatoms. The lowest BCUT2D eigenvalue weighted by Gasteiger charge is -2.33. The maximum Gasteiger partial charge on any atom is 0.306 e. The van der Waals surface area contributed by atoms with Crippen LogP contribution in [0.3, 0.4) is 0 Å². The van der Waals surface area contributed by atoms with Crippen LogP contribution in [0.25, 0.3) is 0 Å². The van der Waals surface area contributed by atoms with Crippen LogP contribution in [0.2, 0.25) is 0 Å². The highest BCUT2D eigenvalue weighted by molar-refractivity contribution is 8.14. The SMILES string of the molecule is COC(=O)CC1SC(N2CCCCC2)=Nc2ccccc21. The summed E-state index contributed by atoms with van der Waals surface area (Å²) >= 11 is 1.70. The smallest absolute Gasteiger partial charge is 0.306 e. The van der Waals surface area contributed by atoms with Gasteiger partial charge < -0.3 is 9.64 Å². The number of nitrogens with zero attached hydrogens (tertiary/aromatic N) is 2. The Kier molecular flexibility index (Phi) is 4.48. The van der Waals surface area contributed by atoms with E-state index in [4.69, 9.17) is 9.73 Å². The predicted octanol–water partition coefficient (Wildman–Crippen LogP) is 3.51. The number of fused-ring (bicyclic) bond motifs is 1. The third-order valence-electron chi connectivity index (χ3n) is 3.95. The molecule has 2 aliphatic rings. The molecule has 0 aliphatic carbocycles. The number of benzene rings is 1. The molecule has 3 rings (SSSR count). The van der Waals surface area contributed by atoms with Gasteiger partial charge in [-0.1, -0.05) is 30.0 Å². The Hall–Kier alpha value is -1.49. The van der Waals surface area contributed by atoms with E-state index in [2.05, 4.69) is 11.0 Å². The zero-order valence-electron chi connectivity index (χ0n) is 12.2. The lowest BCUT2D eigenvalue weighted by atomic mass is 10.1. The Balaban J connectivity index is 1.86. The largest absolute Gasteiger partial charge is 0.469 e. The van der Waals surface area contributed by atoms with E-state index >= 15 is 0 Å². The number of methoxy groups -OCH3 is 1. The fraction of sp³-hybridized carbons (Fsp3) is 0.500. The molecule has 0 bridgehead atoms. The molecule has 0 N–H and O–H groups in total. The first-order valence-electron chi connectivity index (χ1n) is 7.44. The Bertz CT molecular complexity index is 553. The van der Waals surface area contributed by atoms with Crippen molar-refractivity contribution in [2.45, 2.75) is 30.9 Å². The average Bonchev–Trinajstić information content (AvgIpc) is 2.55. The van der Waals surface area contributed by atoms with E-state index in [0.717, 1.165) is 29.5 Å². The number of carbonyl (C=O) groups excluding carboxylic acids is 1. The monoisotopic (exact) mass is 304 g/mol. The van der Waals surface area contributed by atoms with Gasteiger partial charge in [-0.3, -0.25) is 4.79 Å². The van der Waals surface area contributed by atoms with Gasteiger partial charge in [0, 0.05) is 18.3 Å². The first kappa shape index (κ1) is 14.4. The van der Waals surface area contributed by atoms with Gasteiger partial charge in [0.15, 0.2) is 5.17 Å². The number of amidine groups is 1. The van der Waals surface area contributed by atoms with Crippen LogP contribution in [-0.2, 0) is 9.53 Å². The van der Waals surface area contributed by atoms with Crippen molar-refractivity contribution in [3.8, 4) is 0 Å². The Morgan fingerprint density at radius 3 is 2.86 bits per heavy atom. The minimum Gasteiger partial charge on any atom is -0.469 e. The van der Waals surface area contributed by atoms with Gasteiger partial charge in [-0.15, -0.1) is 0 Å². The first-order valence-corrected chi connectivity index (χ1v) is 8.32. The van der Waals surface area contributed by atoms with Crippen LogP contribution in [0.5, 0.6) is 0 Å². The molecule has 0 radical (unpaired) electrons. The van der Waals surface area contributed by atoms with Crippen LogP contribution in [0, 0.1) is 0 Å². The molecule has 1 atom stereocenters. The molecule has 1 saturated heterocycles. The van der Waals surface area contributed by atoms with E-state index < -0.39 is 0 Å². The highest BCUT2D eigenvalue weighted by Crippen LogP contribution is 2.44. The summed E-state index contributed by atoms with van der Waals surface area (Å²) in [5.41, 5.74) is 2.12. The van der Waals surface area contributed by atoms with Crippen LogP contribution >= 0.6 is 11.8 Å². The number of likely N-dealkylation sites (tertiary alicyclic amines) is 1. The zero-order chi connectivity index (χ0) is 14.7. The predicted molar refractivity (Wildman–Crippen MR) is 85.9 cm³/mol. The van der Waals surface area contributed by atoms with Gasteiger partial charge in [-0.25, -0.2) is 4.99 Å². The van der Waals surface area contributed by atoms with Gasteiger partial charge in [-0.2, -0.15) is 0 Å². The summed E-state index contributed by atoms with van der Waals surface area (Å²) in [7, 11) is 1.45. The van der Waals surface area contributed by atoms with Crippen molar-refractivity contribution in [2.75, 3.05) is 20.2 Å². The van der Waals surface area contributed by atoms with Gasteiger partial charge in [0.2, 0.25) is 0 Å². The summed E-state index contributed by atoms with van der Waals surface area (Å²) in [6, 6.07) is 8.10. The number of rotatable bonds is 2. The number of ether oxygens (including phenoxy) is 1. The molecular weight excluding hydrogens is 284 g/mol. The molecule has 1 unspecified atom stereocenters. The Morgan fingerprint density at radius 1 is 1.33 bits per heavy atom. The van der Waals surface area contributed by atoms with Crippen molar-refractivity contribution in [3.05, 3.63) is 29.8 Å². The van der Waals surface area contributed by atoms with Gasteiger partial charge in [-0.05, 0) is 30.9 Å². The lowest BCUT2D eigenvalue weighted by molar-refractivity contribution is -0.140. The van der Waals surface area contributed by atoms with Gasteiger partial charge in [0.1, 0.15) is 0 Å². The molecule has 1 aromatic carbocycles. The Labute approximate surface area is 129 Å². The number of aliphatic imine (C=N–C) groups is 1. The minimum atomic E-state index is -0.165. The van der Waals surface area contributed by atoms with E-state index in [-0.39, 0.29) is 11.2 Å². The summed E-state index contributed by atoms with van der Waals surface area (Å²) in [5, 5.41) is 1.16. The van der Waals surface area contributed by atoms with E-state index in [1.54, 1.807) is 11.8 Å². The molecule has 1 fully saturated rings. The van der Waals surface area contributed by atoms with Crippen molar-refractivity contribution in [1.82, 2.24) is 4.90 Å². The van der Waals surface area contributed by atoms with Crippen LogP contribution in [0.15, 0.2) is 29.3 Å². The summed E-state index contributed by atoms with van der Waals surface area (Å²) in [4.78, 5) is 18.8. The molecule has 112 valence electrons. The third kappa shape index (κ3) is 3.23. The number of hydrogen-bond acceptors (Lipinski definition) is 5. The summed E-state index contributed by atoms with van der Waals surface area (Å²) in [5.74, 6) is -0.165. The highest BCUT2D eigenvalue weighted by atomic mass is 32.2. The van der Waals surface area contributed by atoms with Crippen molar-refractivity contribution in [1.29, 1.82) is 0 Å². The Morgan fingerprint density at radius 2 is 2.10 bits per heavy atom. The van der Waals surface area contributed by atoms with E-state index in [0.29, 0.717) is 6.42 Å². The maximum atomic E-state index is 11.7.